The number of aryl methyl sites for hydroxylation is 3. The normalized spacial score (nSPS) is 12.8. The standard InChI is InChI=1S/C13H16N2O/c1-8-4-9(2)12(10(3)5-8)13(16)11-6-14-15-7-11/h4-7,13,16H,1-3H3,(H,14,15). The topological polar surface area (TPSA) is 48.9 Å². The maximum absolute atomic E-state index is 10.3. The molecule has 0 saturated heterocycles. The lowest BCUT2D eigenvalue weighted by Gasteiger charge is -2.16. The Labute approximate surface area is 95.1 Å². The van der Waals surface area contributed by atoms with Crippen LogP contribution in [-0.4, -0.2) is 15.3 Å². The SMILES string of the molecule is Cc1cc(C)c(C(O)c2cn[nH]c2)c(C)c1. The van der Waals surface area contributed by atoms with Gasteiger partial charge in [0.2, 0.25) is 0 Å². The van der Waals surface area contributed by atoms with Crippen LogP contribution in [0.5, 0.6) is 0 Å². The van der Waals surface area contributed by atoms with Gasteiger partial charge in [0.15, 0.2) is 0 Å². The fraction of sp³-hybridized carbons (Fsp3) is 0.308. The van der Waals surface area contributed by atoms with Crippen LogP contribution >= 0.6 is 0 Å². The van der Waals surface area contributed by atoms with E-state index < -0.39 is 6.10 Å². The number of aromatic amines is 1. The summed E-state index contributed by atoms with van der Waals surface area (Å²) in [7, 11) is 0. The van der Waals surface area contributed by atoms with E-state index in [9.17, 15) is 5.11 Å². The third-order valence-electron chi connectivity index (χ3n) is 2.85. The number of aromatic nitrogens is 2. The highest BCUT2D eigenvalue weighted by Gasteiger charge is 2.16. The van der Waals surface area contributed by atoms with E-state index in [4.69, 9.17) is 0 Å². The monoisotopic (exact) mass is 216 g/mol. The van der Waals surface area contributed by atoms with Crippen LogP contribution in [0.25, 0.3) is 0 Å². The Balaban J connectivity index is 2.48. The van der Waals surface area contributed by atoms with Crippen LogP contribution in [-0.2, 0) is 0 Å². The maximum atomic E-state index is 10.3. The second kappa shape index (κ2) is 4.10. The molecular formula is C13H16N2O. The van der Waals surface area contributed by atoms with Crippen molar-refractivity contribution in [3.05, 3.63) is 52.3 Å². The van der Waals surface area contributed by atoms with Crippen LogP contribution < -0.4 is 0 Å². The molecule has 3 heteroatoms. The lowest BCUT2D eigenvalue weighted by molar-refractivity contribution is 0.219. The number of hydrogen-bond donors (Lipinski definition) is 2. The zero-order chi connectivity index (χ0) is 11.7. The van der Waals surface area contributed by atoms with Crippen molar-refractivity contribution in [1.82, 2.24) is 10.2 Å². The van der Waals surface area contributed by atoms with E-state index in [1.54, 1.807) is 12.4 Å². The summed E-state index contributed by atoms with van der Waals surface area (Å²) < 4.78 is 0. The molecule has 0 fully saturated rings. The van der Waals surface area contributed by atoms with Gasteiger partial charge in [-0.15, -0.1) is 0 Å². The lowest BCUT2D eigenvalue weighted by Crippen LogP contribution is -2.04. The van der Waals surface area contributed by atoms with Gasteiger partial charge >= 0.3 is 0 Å². The molecule has 2 N–H and O–H groups in total. The van der Waals surface area contributed by atoms with Crippen molar-refractivity contribution in [2.75, 3.05) is 0 Å². The molecule has 2 rings (SSSR count). The Morgan fingerprint density at radius 1 is 1.19 bits per heavy atom. The molecule has 2 aromatic rings. The number of hydrogen-bond acceptors (Lipinski definition) is 2. The molecule has 0 bridgehead atoms. The summed E-state index contributed by atoms with van der Waals surface area (Å²) in [4.78, 5) is 0. The molecular weight excluding hydrogens is 200 g/mol. The molecule has 3 nitrogen and oxygen atoms in total. The molecule has 0 aliphatic heterocycles. The third kappa shape index (κ3) is 1.86. The van der Waals surface area contributed by atoms with Crippen LogP contribution in [0.3, 0.4) is 0 Å². The van der Waals surface area contributed by atoms with Crippen molar-refractivity contribution in [2.45, 2.75) is 26.9 Å². The first-order valence-corrected chi connectivity index (χ1v) is 5.34. The highest BCUT2D eigenvalue weighted by atomic mass is 16.3. The summed E-state index contributed by atoms with van der Waals surface area (Å²) in [5.41, 5.74) is 5.23. The average molecular weight is 216 g/mol. The van der Waals surface area contributed by atoms with Crippen molar-refractivity contribution in [1.29, 1.82) is 0 Å². The molecule has 0 aliphatic carbocycles. The molecule has 0 saturated carbocycles. The Bertz CT molecular complexity index is 466. The fourth-order valence-electron chi connectivity index (χ4n) is 2.20. The van der Waals surface area contributed by atoms with Gasteiger partial charge in [-0.05, 0) is 37.5 Å². The van der Waals surface area contributed by atoms with Gasteiger partial charge < -0.3 is 5.11 Å². The summed E-state index contributed by atoms with van der Waals surface area (Å²) in [6.07, 6.45) is 2.78. The number of H-pyrrole nitrogens is 1. The second-order valence-corrected chi connectivity index (χ2v) is 4.25. The van der Waals surface area contributed by atoms with Crippen molar-refractivity contribution < 1.29 is 5.11 Å². The number of nitrogens with one attached hydrogen (secondary N) is 1. The van der Waals surface area contributed by atoms with E-state index in [0.29, 0.717) is 0 Å². The predicted molar refractivity (Wildman–Crippen MR) is 63.3 cm³/mol. The van der Waals surface area contributed by atoms with Crippen LogP contribution in [0, 0.1) is 20.8 Å². The number of benzene rings is 1. The van der Waals surface area contributed by atoms with Crippen molar-refractivity contribution in [2.24, 2.45) is 0 Å². The molecule has 1 aromatic heterocycles. The first-order valence-electron chi connectivity index (χ1n) is 5.34. The third-order valence-corrected chi connectivity index (χ3v) is 2.85. The fourth-order valence-corrected chi connectivity index (χ4v) is 2.20. The number of aliphatic hydroxyl groups excluding tert-OH is 1. The summed E-state index contributed by atoms with van der Waals surface area (Å²) >= 11 is 0. The number of nitrogens with zero attached hydrogens (tertiary/aromatic N) is 1. The molecule has 0 amide bonds. The first kappa shape index (κ1) is 10.9. The Kier molecular flexibility index (Phi) is 2.79. The van der Waals surface area contributed by atoms with Crippen molar-refractivity contribution in [3.63, 3.8) is 0 Å². The van der Waals surface area contributed by atoms with Crippen LogP contribution in [0.1, 0.15) is 33.9 Å². The van der Waals surface area contributed by atoms with E-state index in [1.807, 2.05) is 13.8 Å². The molecule has 0 spiro atoms. The van der Waals surface area contributed by atoms with E-state index >= 15 is 0 Å². The number of aliphatic hydroxyl groups is 1. The lowest BCUT2D eigenvalue weighted by atomic mass is 9.93. The van der Waals surface area contributed by atoms with Gasteiger partial charge in [-0.25, -0.2) is 0 Å². The minimum absolute atomic E-state index is 0.598. The molecule has 1 aromatic carbocycles. The van der Waals surface area contributed by atoms with E-state index in [2.05, 4.69) is 29.3 Å². The minimum Gasteiger partial charge on any atom is -0.384 e. The van der Waals surface area contributed by atoms with E-state index in [-0.39, 0.29) is 0 Å². The summed E-state index contributed by atoms with van der Waals surface area (Å²) in [5, 5.41) is 16.9. The largest absolute Gasteiger partial charge is 0.384 e. The summed E-state index contributed by atoms with van der Waals surface area (Å²) in [6.45, 7) is 6.12. The average Bonchev–Trinajstić information content (AvgIpc) is 2.67. The highest BCUT2D eigenvalue weighted by molar-refractivity contribution is 5.42. The quantitative estimate of drug-likeness (QED) is 0.810. The van der Waals surface area contributed by atoms with Gasteiger partial charge in [-0.2, -0.15) is 5.10 Å². The molecule has 0 radical (unpaired) electrons. The maximum Gasteiger partial charge on any atom is 0.108 e. The van der Waals surface area contributed by atoms with Gasteiger partial charge in [0.25, 0.3) is 0 Å². The summed E-state index contributed by atoms with van der Waals surface area (Å²) in [5.74, 6) is 0. The van der Waals surface area contributed by atoms with Crippen molar-refractivity contribution in [3.8, 4) is 0 Å². The van der Waals surface area contributed by atoms with Gasteiger partial charge in [0.05, 0.1) is 6.20 Å². The Morgan fingerprint density at radius 3 is 2.31 bits per heavy atom. The van der Waals surface area contributed by atoms with E-state index in [1.165, 1.54) is 5.56 Å². The smallest absolute Gasteiger partial charge is 0.108 e. The van der Waals surface area contributed by atoms with Gasteiger partial charge in [0.1, 0.15) is 6.10 Å². The zero-order valence-electron chi connectivity index (χ0n) is 9.78. The molecule has 1 atom stereocenters. The Hall–Kier alpha value is -1.61. The molecule has 1 unspecified atom stereocenters. The van der Waals surface area contributed by atoms with Gasteiger partial charge in [-0.3, -0.25) is 5.10 Å². The van der Waals surface area contributed by atoms with Crippen LogP contribution in [0.4, 0.5) is 0 Å². The first-order chi connectivity index (χ1) is 7.59. The number of rotatable bonds is 2. The van der Waals surface area contributed by atoms with Gasteiger partial charge in [0, 0.05) is 11.8 Å². The summed E-state index contributed by atoms with van der Waals surface area (Å²) in [6, 6.07) is 4.18. The van der Waals surface area contributed by atoms with Crippen LogP contribution in [0.2, 0.25) is 0 Å². The van der Waals surface area contributed by atoms with Crippen LogP contribution in [0.15, 0.2) is 24.5 Å². The zero-order valence-corrected chi connectivity index (χ0v) is 9.78. The minimum atomic E-state index is -0.598. The predicted octanol–water partition coefficient (Wildman–Crippen LogP) is 2.42. The molecule has 1 heterocycles. The highest BCUT2D eigenvalue weighted by Crippen LogP contribution is 2.27. The molecule has 16 heavy (non-hydrogen) atoms. The van der Waals surface area contributed by atoms with Gasteiger partial charge in [-0.1, -0.05) is 17.7 Å². The Morgan fingerprint density at radius 2 is 1.81 bits per heavy atom. The molecule has 0 aliphatic rings. The van der Waals surface area contributed by atoms with Crippen molar-refractivity contribution >= 4 is 0 Å². The van der Waals surface area contributed by atoms with E-state index in [0.717, 1.165) is 22.3 Å². The second-order valence-electron chi connectivity index (χ2n) is 4.25. The molecule has 84 valence electrons.